The van der Waals surface area contributed by atoms with Crippen LogP contribution >= 0.6 is 27.3 Å². The molecule has 0 aliphatic heterocycles. The lowest BCUT2D eigenvalue weighted by molar-refractivity contribution is 1.57. The fourth-order valence-electron chi connectivity index (χ4n) is 0.406. The Kier molecular flexibility index (Phi) is 1.81. The van der Waals surface area contributed by atoms with Crippen LogP contribution < -0.4 is 0 Å². The summed E-state index contributed by atoms with van der Waals surface area (Å²) in [6, 6.07) is 3.84. The highest BCUT2D eigenvalue weighted by Crippen LogP contribution is 2.19. The Morgan fingerprint density at radius 2 is 2.38 bits per heavy atom. The topological polar surface area (TPSA) is 23.9 Å². The van der Waals surface area contributed by atoms with Gasteiger partial charge in [0.2, 0.25) is 0 Å². The third-order valence-electron chi connectivity index (χ3n) is 0.736. The second-order valence-corrected chi connectivity index (χ2v) is 3.78. The fraction of sp³-hybridized carbons (Fsp3) is 0. The molecule has 0 aliphatic rings. The summed E-state index contributed by atoms with van der Waals surface area (Å²) in [7, 11) is 0. The second kappa shape index (κ2) is 2.42. The van der Waals surface area contributed by atoms with Crippen LogP contribution in [0.15, 0.2) is 15.9 Å². The molecule has 0 atom stereocenters. The quantitative estimate of drug-likeness (QED) is 0.658. The van der Waals surface area contributed by atoms with E-state index >= 15 is 0 Å². The van der Waals surface area contributed by atoms with Crippen molar-refractivity contribution >= 4 is 33.5 Å². The third-order valence-corrected chi connectivity index (χ3v) is 2.31. The van der Waals surface area contributed by atoms with Gasteiger partial charge in [0, 0.05) is 11.1 Å². The van der Waals surface area contributed by atoms with E-state index in [2.05, 4.69) is 15.9 Å². The van der Waals surface area contributed by atoms with Crippen molar-refractivity contribution in [3.05, 3.63) is 20.8 Å². The normalized spacial score (nSPS) is 9.12. The molecule has 1 heterocycles. The molecule has 0 saturated carbocycles. The molecule has 1 N–H and O–H groups in total. The lowest BCUT2D eigenvalue weighted by Gasteiger charge is -1.72. The van der Waals surface area contributed by atoms with E-state index < -0.39 is 0 Å². The highest BCUT2D eigenvalue weighted by atomic mass is 79.9. The maximum Gasteiger partial charge on any atom is 0.0705 e. The standard InChI is InChI=1S/C5H4BrNS/c6-5-2-1-4(3-7)8-5/h1-3,7H. The molecule has 42 valence electrons. The van der Waals surface area contributed by atoms with Gasteiger partial charge in [-0.3, -0.25) is 0 Å². The van der Waals surface area contributed by atoms with Gasteiger partial charge < -0.3 is 5.41 Å². The number of hydrogen-bond acceptors (Lipinski definition) is 2. The minimum Gasteiger partial charge on any atom is -0.307 e. The van der Waals surface area contributed by atoms with E-state index in [9.17, 15) is 0 Å². The molecule has 1 nitrogen and oxygen atoms in total. The average Bonchev–Trinajstić information content (AvgIpc) is 2.14. The van der Waals surface area contributed by atoms with Crippen LogP contribution in [-0.4, -0.2) is 6.21 Å². The summed E-state index contributed by atoms with van der Waals surface area (Å²) in [4.78, 5) is 0.983. The van der Waals surface area contributed by atoms with Gasteiger partial charge in [0.25, 0.3) is 0 Å². The van der Waals surface area contributed by atoms with E-state index in [-0.39, 0.29) is 0 Å². The first-order valence-electron chi connectivity index (χ1n) is 2.09. The first kappa shape index (κ1) is 5.98. The molecule has 0 fully saturated rings. The van der Waals surface area contributed by atoms with Crippen LogP contribution in [0.2, 0.25) is 0 Å². The molecule has 1 rings (SSSR count). The Balaban J connectivity index is 3.00. The van der Waals surface area contributed by atoms with E-state index in [1.165, 1.54) is 6.21 Å². The zero-order valence-electron chi connectivity index (χ0n) is 4.02. The van der Waals surface area contributed by atoms with Crippen molar-refractivity contribution in [3.8, 4) is 0 Å². The Hall–Kier alpha value is -0.150. The molecule has 0 amide bonds. The summed E-state index contributed by atoms with van der Waals surface area (Å²) in [5, 5.41) is 6.82. The molecule has 0 aliphatic carbocycles. The summed E-state index contributed by atoms with van der Waals surface area (Å²) in [6.07, 6.45) is 1.34. The molecule has 8 heavy (non-hydrogen) atoms. The third kappa shape index (κ3) is 1.17. The van der Waals surface area contributed by atoms with Gasteiger partial charge in [-0.05, 0) is 28.1 Å². The molecule has 3 heteroatoms. The molecule has 0 bridgehead atoms. The summed E-state index contributed by atoms with van der Waals surface area (Å²) in [5.41, 5.74) is 0. The number of rotatable bonds is 1. The monoisotopic (exact) mass is 189 g/mol. The maximum atomic E-state index is 6.82. The second-order valence-electron chi connectivity index (χ2n) is 1.29. The van der Waals surface area contributed by atoms with Crippen molar-refractivity contribution < 1.29 is 0 Å². The van der Waals surface area contributed by atoms with Crippen LogP contribution in [0.25, 0.3) is 0 Å². The smallest absolute Gasteiger partial charge is 0.0705 e. The van der Waals surface area contributed by atoms with Gasteiger partial charge in [0.05, 0.1) is 3.79 Å². The molecule has 0 saturated heterocycles. The lowest BCUT2D eigenvalue weighted by atomic mass is 10.5. The van der Waals surface area contributed by atoms with Gasteiger partial charge in [0.15, 0.2) is 0 Å². The Morgan fingerprint density at radius 1 is 1.62 bits per heavy atom. The van der Waals surface area contributed by atoms with E-state index in [0.717, 1.165) is 8.66 Å². The summed E-state index contributed by atoms with van der Waals surface area (Å²) in [5.74, 6) is 0. The van der Waals surface area contributed by atoms with Crippen molar-refractivity contribution in [2.45, 2.75) is 0 Å². The highest BCUT2D eigenvalue weighted by molar-refractivity contribution is 9.11. The highest BCUT2D eigenvalue weighted by Gasteiger charge is 1.89. The van der Waals surface area contributed by atoms with Crippen LogP contribution in [-0.2, 0) is 0 Å². The number of halogens is 1. The molecule has 1 aromatic rings. The first-order chi connectivity index (χ1) is 3.83. The average molecular weight is 190 g/mol. The van der Waals surface area contributed by atoms with Crippen molar-refractivity contribution in [1.29, 1.82) is 5.41 Å². The van der Waals surface area contributed by atoms with Crippen LogP contribution in [0, 0.1) is 5.41 Å². The van der Waals surface area contributed by atoms with Crippen LogP contribution in [0.3, 0.4) is 0 Å². The molecule has 0 aromatic carbocycles. The summed E-state index contributed by atoms with van der Waals surface area (Å²) in [6.45, 7) is 0. The first-order valence-corrected chi connectivity index (χ1v) is 3.69. The predicted molar refractivity (Wildman–Crippen MR) is 39.9 cm³/mol. The van der Waals surface area contributed by atoms with E-state index in [1.807, 2.05) is 12.1 Å². The van der Waals surface area contributed by atoms with Crippen molar-refractivity contribution in [2.75, 3.05) is 0 Å². The number of nitrogens with one attached hydrogen (secondary N) is 1. The van der Waals surface area contributed by atoms with Gasteiger partial charge >= 0.3 is 0 Å². The molecule has 0 spiro atoms. The lowest BCUT2D eigenvalue weighted by Crippen LogP contribution is -1.61. The maximum absolute atomic E-state index is 6.82. The molecule has 0 unspecified atom stereocenters. The van der Waals surface area contributed by atoms with Gasteiger partial charge in [-0.25, -0.2) is 0 Å². The fourth-order valence-corrected chi connectivity index (χ4v) is 1.66. The zero-order chi connectivity index (χ0) is 5.98. The van der Waals surface area contributed by atoms with Gasteiger partial charge in [-0.1, -0.05) is 0 Å². The molecule has 0 radical (unpaired) electrons. The molecular weight excluding hydrogens is 186 g/mol. The number of hydrogen-bond donors (Lipinski definition) is 1. The predicted octanol–water partition coefficient (Wildman–Crippen LogP) is 2.51. The van der Waals surface area contributed by atoms with E-state index in [0.29, 0.717) is 0 Å². The Morgan fingerprint density at radius 3 is 2.62 bits per heavy atom. The van der Waals surface area contributed by atoms with Crippen molar-refractivity contribution in [1.82, 2.24) is 0 Å². The molecule has 1 aromatic heterocycles. The summed E-state index contributed by atoms with van der Waals surface area (Å²) >= 11 is 4.85. The van der Waals surface area contributed by atoms with Crippen molar-refractivity contribution in [2.24, 2.45) is 0 Å². The zero-order valence-corrected chi connectivity index (χ0v) is 6.42. The Labute approximate surface area is 60.0 Å². The van der Waals surface area contributed by atoms with Crippen molar-refractivity contribution in [3.63, 3.8) is 0 Å². The minimum atomic E-state index is 0.983. The van der Waals surface area contributed by atoms with E-state index in [1.54, 1.807) is 11.3 Å². The van der Waals surface area contributed by atoms with Gasteiger partial charge in [-0.2, -0.15) is 0 Å². The number of thiophene rings is 1. The SMILES string of the molecule is N=Cc1ccc(Br)s1. The van der Waals surface area contributed by atoms with E-state index in [4.69, 9.17) is 5.41 Å². The largest absolute Gasteiger partial charge is 0.307 e. The van der Waals surface area contributed by atoms with Crippen LogP contribution in [0.5, 0.6) is 0 Å². The summed E-state index contributed by atoms with van der Waals surface area (Å²) < 4.78 is 1.08. The van der Waals surface area contributed by atoms with Crippen LogP contribution in [0.4, 0.5) is 0 Å². The van der Waals surface area contributed by atoms with Gasteiger partial charge in [0.1, 0.15) is 0 Å². The van der Waals surface area contributed by atoms with Crippen LogP contribution in [0.1, 0.15) is 4.88 Å². The van der Waals surface area contributed by atoms with Gasteiger partial charge in [-0.15, -0.1) is 11.3 Å². The minimum absolute atomic E-state index is 0.983. The Bertz CT molecular complexity index is 194. The molecular formula is C5H4BrNS.